The van der Waals surface area contributed by atoms with Gasteiger partial charge in [-0.25, -0.2) is 0 Å². The molecule has 2 aliphatic carbocycles. The van der Waals surface area contributed by atoms with Crippen LogP contribution in [-0.4, -0.2) is 0 Å². The van der Waals surface area contributed by atoms with Crippen molar-refractivity contribution < 1.29 is 0 Å². The number of fused-ring (bicyclic) bond motifs is 8. The maximum Gasteiger partial charge on any atom is 0.0713 e. The molecule has 67 heavy (non-hydrogen) atoms. The predicted molar refractivity (Wildman–Crippen MR) is 282 cm³/mol. The van der Waals surface area contributed by atoms with Crippen LogP contribution in [0.5, 0.6) is 0 Å². The van der Waals surface area contributed by atoms with E-state index in [0.29, 0.717) is 0 Å². The van der Waals surface area contributed by atoms with Gasteiger partial charge in [0.2, 0.25) is 0 Å². The summed E-state index contributed by atoms with van der Waals surface area (Å²) in [5.41, 5.74) is 20.7. The maximum absolute atomic E-state index is 2.54. The van der Waals surface area contributed by atoms with Crippen LogP contribution in [0, 0.1) is 0 Å². The molecule has 0 N–H and O–H groups in total. The van der Waals surface area contributed by atoms with E-state index < -0.39 is 5.41 Å². The highest BCUT2D eigenvalue weighted by Crippen LogP contribution is 2.58. The van der Waals surface area contributed by atoms with Gasteiger partial charge in [-0.3, -0.25) is 0 Å². The molecule has 0 atom stereocenters. The quantitative estimate of drug-likeness (QED) is 0.154. The van der Waals surface area contributed by atoms with E-state index in [1.54, 1.807) is 0 Å². The Balaban J connectivity index is 0.941. The second-order valence-corrected chi connectivity index (χ2v) is 18.8. The summed E-state index contributed by atoms with van der Waals surface area (Å²) in [6.45, 7) is 4.83. The first-order valence-corrected chi connectivity index (χ1v) is 23.5. The second kappa shape index (κ2) is 15.2. The highest BCUT2D eigenvalue weighted by molar-refractivity contribution is 5.99. The molecule has 2 aliphatic rings. The summed E-state index contributed by atoms with van der Waals surface area (Å²) in [4.78, 5) is 2.43. The lowest BCUT2D eigenvalue weighted by Gasteiger charge is -2.35. The van der Waals surface area contributed by atoms with E-state index in [2.05, 4.69) is 267 Å². The van der Waals surface area contributed by atoms with E-state index in [0.717, 1.165) is 17.1 Å². The van der Waals surface area contributed by atoms with Gasteiger partial charge in [0.15, 0.2) is 0 Å². The molecule has 0 saturated heterocycles. The molecule has 0 aromatic heterocycles. The Bertz CT molecular complexity index is 3530. The van der Waals surface area contributed by atoms with E-state index in [1.165, 1.54) is 99.4 Å². The molecule has 1 nitrogen and oxygen atoms in total. The molecule has 1 heteroatoms. The highest BCUT2D eigenvalue weighted by atomic mass is 15.1. The van der Waals surface area contributed by atoms with Crippen LogP contribution in [-0.2, 0) is 10.8 Å². The normalized spacial score (nSPS) is 13.8. The van der Waals surface area contributed by atoms with Crippen molar-refractivity contribution in [2.45, 2.75) is 24.7 Å². The van der Waals surface area contributed by atoms with Crippen LogP contribution in [0.2, 0.25) is 0 Å². The number of hydrogen-bond donors (Lipinski definition) is 0. The van der Waals surface area contributed by atoms with Crippen LogP contribution in [0.1, 0.15) is 47.2 Å². The topological polar surface area (TPSA) is 3.24 Å². The summed E-state index contributed by atoms with van der Waals surface area (Å²) in [7, 11) is 0. The minimum absolute atomic E-state index is 0.270. The third-order valence-corrected chi connectivity index (χ3v) is 15.0. The summed E-state index contributed by atoms with van der Waals surface area (Å²) in [6.07, 6.45) is 0. The highest BCUT2D eigenvalue weighted by Gasteiger charge is 2.47. The van der Waals surface area contributed by atoms with E-state index in [-0.39, 0.29) is 5.41 Å². The van der Waals surface area contributed by atoms with Gasteiger partial charge in [-0.15, -0.1) is 0 Å². The molecule has 0 radical (unpaired) electrons. The van der Waals surface area contributed by atoms with Gasteiger partial charge in [-0.1, -0.05) is 226 Å². The molecule has 0 unspecified atom stereocenters. The maximum atomic E-state index is 2.54. The van der Waals surface area contributed by atoms with Crippen molar-refractivity contribution in [3.8, 4) is 44.5 Å². The fourth-order valence-corrected chi connectivity index (χ4v) is 11.8. The Morgan fingerprint density at radius 1 is 0.284 bits per heavy atom. The van der Waals surface area contributed by atoms with Crippen molar-refractivity contribution in [1.29, 1.82) is 0 Å². The minimum Gasteiger partial charge on any atom is -0.310 e. The van der Waals surface area contributed by atoms with Crippen molar-refractivity contribution in [3.63, 3.8) is 0 Å². The van der Waals surface area contributed by atoms with Gasteiger partial charge >= 0.3 is 0 Å². The van der Waals surface area contributed by atoms with Crippen LogP contribution >= 0.6 is 0 Å². The van der Waals surface area contributed by atoms with Crippen LogP contribution in [0.4, 0.5) is 17.1 Å². The van der Waals surface area contributed by atoms with Crippen molar-refractivity contribution >= 4 is 38.6 Å². The number of benzene rings is 11. The summed E-state index contributed by atoms with van der Waals surface area (Å²) in [6, 6.07) is 92.5. The van der Waals surface area contributed by atoms with Gasteiger partial charge in [-0.05, 0) is 136 Å². The number of hydrogen-bond acceptors (Lipinski definition) is 1. The van der Waals surface area contributed by atoms with E-state index >= 15 is 0 Å². The van der Waals surface area contributed by atoms with Crippen molar-refractivity contribution in [1.82, 2.24) is 0 Å². The zero-order valence-electron chi connectivity index (χ0n) is 37.6. The molecule has 13 rings (SSSR count). The fourth-order valence-electron chi connectivity index (χ4n) is 11.8. The third-order valence-electron chi connectivity index (χ3n) is 15.0. The Morgan fingerprint density at radius 3 is 1.27 bits per heavy atom. The van der Waals surface area contributed by atoms with Crippen molar-refractivity contribution in [2.75, 3.05) is 4.90 Å². The van der Waals surface area contributed by atoms with Crippen LogP contribution in [0.3, 0.4) is 0 Å². The van der Waals surface area contributed by atoms with E-state index in [9.17, 15) is 0 Å². The molecule has 11 aromatic rings. The molecule has 0 spiro atoms. The summed E-state index contributed by atoms with van der Waals surface area (Å²) >= 11 is 0. The molecule has 0 heterocycles. The molecule has 11 aromatic carbocycles. The van der Waals surface area contributed by atoms with Crippen LogP contribution in [0.25, 0.3) is 66.1 Å². The molecule has 0 bridgehead atoms. The van der Waals surface area contributed by atoms with Gasteiger partial charge in [0.25, 0.3) is 0 Å². The summed E-state index contributed by atoms with van der Waals surface area (Å²) in [5, 5.41) is 5.02. The Labute approximate surface area is 392 Å². The standard InChI is InChI=1S/C66H47N/c1-65(2)63-42-49(66(48-20-4-3-5-21-48)61-28-12-10-24-57(61)58-25-11-13-29-62(58)66)34-40-59(63)60-41-39-52(43-64(60)65)67(50-35-30-46(31-36-50)55-26-14-18-44-16-6-8-22-53(44)55)51-37-32-47(33-38-51)56-27-15-19-45-17-7-9-23-54(45)56/h3-43H,1-2H3. The average Bonchev–Trinajstić information content (AvgIpc) is 3.82. The van der Waals surface area contributed by atoms with Crippen molar-refractivity contribution in [2.24, 2.45) is 0 Å². The lowest BCUT2D eigenvalue weighted by atomic mass is 9.66. The molecule has 0 saturated carbocycles. The van der Waals surface area contributed by atoms with Gasteiger partial charge in [0.05, 0.1) is 5.41 Å². The average molecular weight is 854 g/mol. The zero-order valence-corrected chi connectivity index (χ0v) is 37.6. The van der Waals surface area contributed by atoms with Crippen molar-refractivity contribution in [3.05, 3.63) is 282 Å². The van der Waals surface area contributed by atoms with E-state index in [4.69, 9.17) is 0 Å². The molecule has 316 valence electrons. The first kappa shape index (κ1) is 39.1. The number of rotatable bonds is 7. The Hall–Kier alpha value is -8.26. The van der Waals surface area contributed by atoms with E-state index in [1.807, 2.05) is 0 Å². The first-order valence-electron chi connectivity index (χ1n) is 23.5. The summed E-state index contributed by atoms with van der Waals surface area (Å²) in [5.74, 6) is 0. The Kier molecular flexibility index (Phi) is 8.85. The van der Waals surface area contributed by atoms with Crippen LogP contribution in [0.15, 0.2) is 249 Å². The third kappa shape index (κ3) is 5.94. The predicted octanol–water partition coefficient (Wildman–Crippen LogP) is 17.5. The Morgan fingerprint density at radius 2 is 0.701 bits per heavy atom. The van der Waals surface area contributed by atoms with Gasteiger partial charge in [-0.2, -0.15) is 0 Å². The molecular weight excluding hydrogens is 807 g/mol. The number of nitrogens with zero attached hydrogens (tertiary/aromatic N) is 1. The summed E-state index contributed by atoms with van der Waals surface area (Å²) < 4.78 is 0. The minimum atomic E-state index is -0.452. The lowest BCUT2D eigenvalue weighted by Crippen LogP contribution is -2.29. The van der Waals surface area contributed by atoms with Crippen LogP contribution < -0.4 is 4.90 Å². The number of anilines is 3. The van der Waals surface area contributed by atoms with Gasteiger partial charge in [0.1, 0.15) is 0 Å². The largest absolute Gasteiger partial charge is 0.310 e. The molecule has 0 fully saturated rings. The first-order chi connectivity index (χ1) is 33.0. The van der Waals surface area contributed by atoms with Gasteiger partial charge in [0, 0.05) is 22.5 Å². The van der Waals surface area contributed by atoms with Gasteiger partial charge < -0.3 is 4.90 Å². The second-order valence-electron chi connectivity index (χ2n) is 18.8. The zero-order chi connectivity index (χ0) is 44.7. The SMILES string of the molecule is CC1(C)c2cc(N(c3ccc(-c4cccc5ccccc45)cc3)c3ccc(-c4cccc5ccccc45)cc3)ccc2-c2ccc(C3(c4ccccc4)c4ccccc4-c4ccccc43)cc21. The smallest absolute Gasteiger partial charge is 0.0713 e. The monoisotopic (exact) mass is 853 g/mol. The molecule has 0 amide bonds. The lowest BCUT2D eigenvalue weighted by molar-refractivity contribution is 0.655. The molecule has 0 aliphatic heterocycles. The molecular formula is C66H47N. The fraction of sp³-hybridized carbons (Fsp3) is 0.0606.